The second kappa shape index (κ2) is 10.7. The Labute approximate surface area is 213 Å². The van der Waals surface area contributed by atoms with E-state index >= 15 is 0 Å². The smallest absolute Gasteiger partial charge is 0.418 e. The molecule has 38 heavy (non-hydrogen) atoms. The van der Waals surface area contributed by atoms with Crippen molar-refractivity contribution in [3.05, 3.63) is 35.8 Å². The van der Waals surface area contributed by atoms with Crippen molar-refractivity contribution in [3.8, 4) is 17.1 Å². The third-order valence-corrected chi connectivity index (χ3v) is 6.02. The van der Waals surface area contributed by atoms with Gasteiger partial charge < -0.3 is 25.4 Å². The molecule has 0 spiro atoms. The number of rotatable bonds is 7. The van der Waals surface area contributed by atoms with Gasteiger partial charge in [-0.3, -0.25) is 4.79 Å². The average molecular weight is 539 g/mol. The number of methoxy groups -OCH3 is 1. The summed E-state index contributed by atoms with van der Waals surface area (Å²) in [4.78, 5) is 34.1. The van der Waals surface area contributed by atoms with Crippen LogP contribution in [0.15, 0.2) is 24.7 Å². The Kier molecular flexibility index (Phi) is 7.55. The minimum atomic E-state index is -4.76. The van der Waals surface area contributed by atoms with Gasteiger partial charge in [0, 0.05) is 18.3 Å². The summed E-state index contributed by atoms with van der Waals surface area (Å²) in [5.41, 5.74) is 4.05. The quantitative estimate of drug-likeness (QED) is 0.345. The number of aromatic nitrogens is 4. The fourth-order valence-corrected chi connectivity index (χ4v) is 4.10. The van der Waals surface area contributed by atoms with E-state index in [2.05, 4.69) is 20.4 Å². The molecule has 3 aromatic rings. The zero-order chi connectivity index (χ0) is 27.6. The lowest BCUT2D eigenvalue weighted by molar-refractivity contribution is -0.136. The normalized spacial score (nSPS) is 17.6. The van der Waals surface area contributed by atoms with E-state index in [1.54, 1.807) is 0 Å². The Bertz CT molecular complexity index is 1350. The van der Waals surface area contributed by atoms with Crippen molar-refractivity contribution in [2.75, 3.05) is 32.5 Å². The Balaban J connectivity index is 1.62. The van der Waals surface area contributed by atoms with Crippen LogP contribution >= 0.6 is 0 Å². The largest absolute Gasteiger partial charge is 0.480 e. The number of unbranched alkanes of at least 4 members (excludes halogenated alkanes) is 1. The maximum absolute atomic E-state index is 14.7. The van der Waals surface area contributed by atoms with Gasteiger partial charge in [0.1, 0.15) is 23.6 Å². The predicted molar refractivity (Wildman–Crippen MR) is 126 cm³/mol. The maximum Gasteiger partial charge on any atom is 0.418 e. The van der Waals surface area contributed by atoms with Crippen LogP contribution in [0.25, 0.3) is 16.8 Å². The summed E-state index contributed by atoms with van der Waals surface area (Å²) in [7, 11) is 1.25. The number of hydrogen-bond donors (Lipinski definition) is 2. The van der Waals surface area contributed by atoms with Crippen LogP contribution in [-0.2, 0) is 10.9 Å². The number of nitrogens with one attached hydrogen (secondary N) is 1. The van der Waals surface area contributed by atoms with Gasteiger partial charge in [-0.1, -0.05) is 13.3 Å². The van der Waals surface area contributed by atoms with Crippen LogP contribution < -0.4 is 15.8 Å². The molecule has 1 saturated heterocycles. The first-order valence-electron chi connectivity index (χ1n) is 11.7. The van der Waals surface area contributed by atoms with Gasteiger partial charge in [-0.25, -0.2) is 23.7 Å². The molecule has 0 radical (unpaired) electrons. The average Bonchev–Trinajstić information content (AvgIpc) is 3.45. The molecular formula is C23H25F4N7O4. The van der Waals surface area contributed by atoms with E-state index in [4.69, 9.17) is 15.2 Å². The molecule has 3 aromatic heterocycles. The minimum absolute atomic E-state index is 0.0594. The third kappa shape index (κ3) is 5.26. The van der Waals surface area contributed by atoms with E-state index in [-0.39, 0.29) is 48.2 Å². The SMILES string of the molecule is CCCCOC(=O)N1C[C@H](F)[C@H](NC(=O)c2cc(-c3cc(C(F)(F)F)c4c(N)ncnn34)cnc2OC)C1. The number of nitrogen functional groups attached to an aromatic ring is 1. The van der Waals surface area contributed by atoms with Gasteiger partial charge in [-0.2, -0.15) is 18.3 Å². The number of halogens is 4. The number of nitrogens with zero attached hydrogens (tertiary/aromatic N) is 5. The molecule has 0 unspecified atom stereocenters. The molecule has 4 rings (SSSR count). The molecule has 3 N–H and O–H groups in total. The van der Waals surface area contributed by atoms with Crippen molar-refractivity contribution < 1.29 is 36.6 Å². The van der Waals surface area contributed by atoms with Crippen LogP contribution in [0.4, 0.5) is 28.2 Å². The van der Waals surface area contributed by atoms with Gasteiger partial charge in [0.2, 0.25) is 5.88 Å². The van der Waals surface area contributed by atoms with E-state index in [1.807, 2.05) is 6.92 Å². The van der Waals surface area contributed by atoms with Crippen LogP contribution in [0.1, 0.15) is 35.7 Å². The molecule has 2 atom stereocenters. The molecule has 0 bridgehead atoms. The third-order valence-electron chi connectivity index (χ3n) is 6.02. The van der Waals surface area contributed by atoms with Crippen molar-refractivity contribution >= 4 is 23.3 Å². The topological polar surface area (TPSA) is 137 Å². The first-order chi connectivity index (χ1) is 18.0. The highest BCUT2D eigenvalue weighted by Crippen LogP contribution is 2.39. The summed E-state index contributed by atoms with van der Waals surface area (Å²) in [5, 5.41) is 6.39. The molecule has 1 aliphatic heterocycles. The lowest BCUT2D eigenvalue weighted by atomic mass is 10.1. The van der Waals surface area contributed by atoms with E-state index in [1.165, 1.54) is 19.4 Å². The van der Waals surface area contributed by atoms with Crippen LogP contribution in [0.2, 0.25) is 0 Å². The second-order valence-corrected chi connectivity index (χ2v) is 8.60. The predicted octanol–water partition coefficient (Wildman–Crippen LogP) is 3.09. The number of pyridine rings is 1. The molecule has 0 saturated carbocycles. The zero-order valence-electron chi connectivity index (χ0n) is 20.5. The zero-order valence-corrected chi connectivity index (χ0v) is 20.5. The number of carbonyl (C=O) groups is 2. The van der Waals surface area contributed by atoms with Crippen LogP contribution in [0, 0.1) is 0 Å². The summed E-state index contributed by atoms with van der Waals surface area (Å²) < 4.78 is 67.0. The highest BCUT2D eigenvalue weighted by atomic mass is 19.4. The lowest BCUT2D eigenvalue weighted by Gasteiger charge is -2.17. The lowest BCUT2D eigenvalue weighted by Crippen LogP contribution is -2.42. The first kappa shape index (κ1) is 26.9. The molecule has 204 valence electrons. The summed E-state index contributed by atoms with van der Waals surface area (Å²) in [6.45, 7) is 1.75. The molecule has 2 amide bonds. The summed E-state index contributed by atoms with van der Waals surface area (Å²) in [6.07, 6.45) is -3.31. The van der Waals surface area contributed by atoms with Gasteiger partial charge in [0.15, 0.2) is 5.82 Å². The monoisotopic (exact) mass is 539 g/mol. The van der Waals surface area contributed by atoms with Crippen molar-refractivity contribution in [1.29, 1.82) is 0 Å². The molecule has 4 heterocycles. The Morgan fingerprint density at radius 3 is 2.68 bits per heavy atom. The number of amides is 2. The number of ether oxygens (including phenoxy) is 2. The van der Waals surface area contributed by atoms with Crippen molar-refractivity contribution in [1.82, 2.24) is 29.8 Å². The van der Waals surface area contributed by atoms with Crippen molar-refractivity contribution in [2.24, 2.45) is 0 Å². The van der Waals surface area contributed by atoms with Crippen LogP contribution in [0.3, 0.4) is 0 Å². The number of nitrogens with two attached hydrogens (primary N) is 1. The highest BCUT2D eigenvalue weighted by Gasteiger charge is 2.39. The molecule has 11 nitrogen and oxygen atoms in total. The fraction of sp³-hybridized carbons (Fsp3) is 0.435. The second-order valence-electron chi connectivity index (χ2n) is 8.60. The standard InChI is InChI=1S/C23H25F4N7O4/c1-3-4-5-38-22(36)33-9-15(24)16(10-33)32-20(35)13-6-12(8-29-21(13)37-2)17-7-14(23(25,26)27)18-19(28)30-11-31-34(17)18/h6-8,11,15-16H,3-5,9-10H2,1-2H3,(H,32,35)(H2,28,30,31)/t15-,16+/m0/s1. The van der Waals surface area contributed by atoms with Gasteiger partial charge in [0.25, 0.3) is 5.91 Å². The van der Waals surface area contributed by atoms with E-state index in [0.29, 0.717) is 6.42 Å². The van der Waals surface area contributed by atoms with Gasteiger partial charge in [0.05, 0.1) is 37.6 Å². The Hall–Kier alpha value is -4.17. The van der Waals surface area contributed by atoms with Crippen molar-refractivity contribution in [2.45, 2.75) is 38.2 Å². The van der Waals surface area contributed by atoms with E-state index in [0.717, 1.165) is 28.2 Å². The molecule has 15 heteroatoms. The number of alkyl halides is 4. The maximum atomic E-state index is 14.7. The van der Waals surface area contributed by atoms with Crippen LogP contribution in [0.5, 0.6) is 5.88 Å². The number of carbonyl (C=O) groups excluding carboxylic acids is 2. The molecular weight excluding hydrogens is 514 g/mol. The van der Waals surface area contributed by atoms with Crippen LogP contribution in [-0.4, -0.2) is 75.5 Å². The van der Waals surface area contributed by atoms with Gasteiger partial charge in [-0.05, 0) is 18.6 Å². The number of hydrogen-bond acceptors (Lipinski definition) is 8. The van der Waals surface area contributed by atoms with E-state index in [9.17, 15) is 27.2 Å². The molecule has 1 aliphatic rings. The molecule has 0 aliphatic carbocycles. The molecule has 0 aromatic carbocycles. The number of anilines is 1. The highest BCUT2D eigenvalue weighted by molar-refractivity contribution is 5.98. The molecule has 1 fully saturated rings. The number of likely N-dealkylation sites (tertiary alicyclic amines) is 1. The van der Waals surface area contributed by atoms with E-state index < -0.39 is 41.5 Å². The minimum Gasteiger partial charge on any atom is -0.480 e. The number of fused-ring (bicyclic) bond motifs is 1. The van der Waals surface area contributed by atoms with Gasteiger partial charge in [-0.15, -0.1) is 0 Å². The summed E-state index contributed by atoms with van der Waals surface area (Å²) >= 11 is 0. The summed E-state index contributed by atoms with van der Waals surface area (Å²) in [6, 6.07) is 1.02. The Morgan fingerprint density at radius 1 is 1.24 bits per heavy atom. The first-order valence-corrected chi connectivity index (χ1v) is 11.7. The Morgan fingerprint density at radius 2 is 2.00 bits per heavy atom. The fourth-order valence-electron chi connectivity index (χ4n) is 4.10. The van der Waals surface area contributed by atoms with Gasteiger partial charge >= 0.3 is 12.3 Å². The van der Waals surface area contributed by atoms with Crippen molar-refractivity contribution in [3.63, 3.8) is 0 Å². The summed E-state index contributed by atoms with van der Waals surface area (Å²) in [5.74, 6) is -1.32.